The standard InChI is InChI=1S/C14H17N3O/c1-10-9-17(16-15-10)13-8-4-6-11-5-2-3-7-12(11)14(13)18/h2-3,5,7,9,13-14,18H,4,6,8H2,1H3/t13-,14+/m1/s1. The maximum atomic E-state index is 10.6. The molecule has 18 heavy (non-hydrogen) atoms. The van der Waals surface area contributed by atoms with Crippen LogP contribution in [0.25, 0.3) is 0 Å². The average molecular weight is 243 g/mol. The Kier molecular flexibility index (Phi) is 2.88. The van der Waals surface area contributed by atoms with Gasteiger partial charge in [0.05, 0.1) is 11.7 Å². The van der Waals surface area contributed by atoms with Gasteiger partial charge >= 0.3 is 0 Å². The van der Waals surface area contributed by atoms with Crippen LogP contribution in [0.2, 0.25) is 0 Å². The number of rotatable bonds is 1. The van der Waals surface area contributed by atoms with Gasteiger partial charge in [-0.05, 0) is 37.3 Å². The Bertz CT molecular complexity index is 549. The van der Waals surface area contributed by atoms with Crippen LogP contribution in [0.3, 0.4) is 0 Å². The van der Waals surface area contributed by atoms with Gasteiger partial charge in [-0.1, -0.05) is 29.5 Å². The van der Waals surface area contributed by atoms with Gasteiger partial charge in [-0.15, -0.1) is 5.10 Å². The lowest BCUT2D eigenvalue weighted by molar-refractivity contribution is 0.102. The van der Waals surface area contributed by atoms with E-state index in [4.69, 9.17) is 0 Å². The third-order valence-corrected chi connectivity index (χ3v) is 3.65. The molecular weight excluding hydrogens is 226 g/mol. The van der Waals surface area contributed by atoms with Crippen LogP contribution >= 0.6 is 0 Å². The van der Waals surface area contributed by atoms with Crippen LogP contribution < -0.4 is 0 Å². The molecule has 1 aliphatic carbocycles. The zero-order valence-corrected chi connectivity index (χ0v) is 10.5. The van der Waals surface area contributed by atoms with Crippen molar-refractivity contribution in [2.75, 3.05) is 0 Å². The van der Waals surface area contributed by atoms with Gasteiger partial charge in [0.1, 0.15) is 6.10 Å². The molecule has 94 valence electrons. The van der Waals surface area contributed by atoms with Crippen molar-refractivity contribution < 1.29 is 5.11 Å². The summed E-state index contributed by atoms with van der Waals surface area (Å²) in [5, 5.41) is 18.7. The van der Waals surface area contributed by atoms with E-state index >= 15 is 0 Å². The highest BCUT2D eigenvalue weighted by molar-refractivity contribution is 5.31. The number of benzene rings is 1. The smallest absolute Gasteiger partial charge is 0.102 e. The highest BCUT2D eigenvalue weighted by atomic mass is 16.3. The molecule has 0 fully saturated rings. The van der Waals surface area contributed by atoms with Gasteiger partial charge in [0.15, 0.2) is 0 Å². The summed E-state index contributed by atoms with van der Waals surface area (Å²) in [6.07, 6.45) is 4.43. The molecule has 0 spiro atoms. The number of aliphatic hydroxyl groups is 1. The number of aromatic nitrogens is 3. The zero-order chi connectivity index (χ0) is 12.5. The van der Waals surface area contributed by atoms with E-state index in [2.05, 4.69) is 16.4 Å². The molecule has 0 saturated heterocycles. The van der Waals surface area contributed by atoms with E-state index < -0.39 is 6.10 Å². The summed E-state index contributed by atoms with van der Waals surface area (Å²) in [6.45, 7) is 1.92. The molecule has 0 aliphatic heterocycles. The molecule has 4 nitrogen and oxygen atoms in total. The first-order valence-electron chi connectivity index (χ1n) is 6.40. The second-order valence-electron chi connectivity index (χ2n) is 4.94. The predicted molar refractivity (Wildman–Crippen MR) is 68.1 cm³/mol. The average Bonchev–Trinajstić information content (AvgIpc) is 2.73. The van der Waals surface area contributed by atoms with Crippen molar-refractivity contribution >= 4 is 0 Å². The van der Waals surface area contributed by atoms with E-state index in [1.54, 1.807) is 0 Å². The third-order valence-electron chi connectivity index (χ3n) is 3.65. The first-order chi connectivity index (χ1) is 8.75. The fourth-order valence-electron chi connectivity index (χ4n) is 2.72. The summed E-state index contributed by atoms with van der Waals surface area (Å²) < 4.78 is 1.81. The molecule has 4 heteroatoms. The van der Waals surface area contributed by atoms with Crippen LogP contribution in [0.5, 0.6) is 0 Å². The molecule has 2 aromatic rings. The Hall–Kier alpha value is -1.68. The van der Waals surface area contributed by atoms with Gasteiger partial charge < -0.3 is 5.11 Å². The minimum atomic E-state index is -0.496. The van der Waals surface area contributed by atoms with E-state index in [-0.39, 0.29) is 6.04 Å². The van der Waals surface area contributed by atoms with Crippen LogP contribution in [0.15, 0.2) is 30.5 Å². The van der Waals surface area contributed by atoms with Gasteiger partial charge in [-0.2, -0.15) is 0 Å². The number of aryl methyl sites for hydroxylation is 2. The van der Waals surface area contributed by atoms with E-state index in [9.17, 15) is 5.11 Å². The van der Waals surface area contributed by atoms with Gasteiger partial charge in [0, 0.05) is 6.20 Å². The molecule has 0 bridgehead atoms. The Balaban J connectivity index is 1.99. The van der Waals surface area contributed by atoms with Crippen molar-refractivity contribution in [1.82, 2.24) is 15.0 Å². The summed E-state index contributed by atoms with van der Waals surface area (Å²) in [7, 11) is 0. The second kappa shape index (κ2) is 4.53. The highest BCUT2D eigenvalue weighted by Gasteiger charge is 2.27. The van der Waals surface area contributed by atoms with Crippen LogP contribution in [-0.4, -0.2) is 20.1 Å². The first-order valence-corrected chi connectivity index (χ1v) is 6.40. The van der Waals surface area contributed by atoms with Gasteiger partial charge in [-0.3, -0.25) is 0 Å². The quantitative estimate of drug-likeness (QED) is 0.781. The normalized spacial score (nSPS) is 23.4. The maximum Gasteiger partial charge on any atom is 0.102 e. The van der Waals surface area contributed by atoms with E-state index in [1.165, 1.54) is 5.56 Å². The molecule has 0 unspecified atom stereocenters. The molecule has 0 radical (unpaired) electrons. The summed E-state index contributed by atoms with van der Waals surface area (Å²) in [5.41, 5.74) is 3.18. The second-order valence-corrected chi connectivity index (χ2v) is 4.94. The fourth-order valence-corrected chi connectivity index (χ4v) is 2.72. The first kappa shape index (κ1) is 11.4. The minimum Gasteiger partial charge on any atom is -0.386 e. The molecule has 1 aromatic heterocycles. The van der Waals surface area contributed by atoms with Crippen molar-refractivity contribution in [2.24, 2.45) is 0 Å². The lowest BCUT2D eigenvalue weighted by atomic mass is 9.99. The molecule has 3 rings (SSSR count). The Labute approximate surface area is 106 Å². The van der Waals surface area contributed by atoms with Gasteiger partial charge in [-0.25, -0.2) is 4.68 Å². The lowest BCUT2D eigenvalue weighted by Crippen LogP contribution is -2.18. The number of hydrogen-bond donors (Lipinski definition) is 1. The molecule has 0 saturated carbocycles. The molecule has 1 heterocycles. The topological polar surface area (TPSA) is 50.9 Å². The largest absolute Gasteiger partial charge is 0.386 e. The molecule has 0 amide bonds. The minimum absolute atomic E-state index is 0.00477. The molecule has 1 aliphatic rings. The third kappa shape index (κ3) is 1.93. The van der Waals surface area contributed by atoms with E-state index in [0.717, 1.165) is 30.5 Å². The van der Waals surface area contributed by atoms with E-state index in [1.807, 2.05) is 36.0 Å². The van der Waals surface area contributed by atoms with Crippen LogP contribution in [0.1, 0.15) is 41.8 Å². The number of hydrogen-bond acceptors (Lipinski definition) is 3. The van der Waals surface area contributed by atoms with Crippen LogP contribution in [-0.2, 0) is 6.42 Å². The molecule has 1 N–H and O–H groups in total. The molecule has 2 atom stereocenters. The van der Waals surface area contributed by atoms with Crippen molar-refractivity contribution in [3.8, 4) is 0 Å². The number of fused-ring (bicyclic) bond motifs is 1. The zero-order valence-electron chi connectivity index (χ0n) is 10.5. The summed E-state index contributed by atoms with van der Waals surface area (Å²) in [4.78, 5) is 0. The molecule has 1 aromatic carbocycles. The number of aliphatic hydroxyl groups excluding tert-OH is 1. The van der Waals surface area contributed by atoms with E-state index in [0.29, 0.717) is 0 Å². The highest BCUT2D eigenvalue weighted by Crippen LogP contribution is 2.35. The lowest BCUT2D eigenvalue weighted by Gasteiger charge is -2.21. The number of nitrogens with zero attached hydrogens (tertiary/aromatic N) is 3. The SMILES string of the molecule is Cc1cn([C@@H]2CCCc3ccccc3[C@@H]2O)nn1. The Morgan fingerprint density at radius 2 is 2.17 bits per heavy atom. The van der Waals surface area contributed by atoms with Crippen molar-refractivity contribution in [1.29, 1.82) is 0 Å². The summed E-state index contributed by atoms with van der Waals surface area (Å²) >= 11 is 0. The van der Waals surface area contributed by atoms with Crippen molar-refractivity contribution in [3.05, 3.63) is 47.3 Å². The van der Waals surface area contributed by atoms with Crippen molar-refractivity contribution in [3.63, 3.8) is 0 Å². The van der Waals surface area contributed by atoms with Crippen LogP contribution in [0, 0.1) is 6.92 Å². The fraction of sp³-hybridized carbons (Fsp3) is 0.429. The maximum absolute atomic E-state index is 10.6. The summed E-state index contributed by atoms with van der Waals surface area (Å²) in [5.74, 6) is 0. The van der Waals surface area contributed by atoms with Gasteiger partial charge in [0.25, 0.3) is 0 Å². The monoisotopic (exact) mass is 243 g/mol. The van der Waals surface area contributed by atoms with Crippen LogP contribution in [0.4, 0.5) is 0 Å². The Morgan fingerprint density at radius 3 is 2.94 bits per heavy atom. The summed E-state index contributed by atoms with van der Waals surface area (Å²) in [6, 6.07) is 8.13. The van der Waals surface area contributed by atoms with Gasteiger partial charge in [0.2, 0.25) is 0 Å². The Morgan fingerprint density at radius 1 is 1.33 bits per heavy atom. The van der Waals surface area contributed by atoms with Crippen molar-refractivity contribution in [2.45, 2.75) is 38.3 Å². The predicted octanol–water partition coefficient (Wildman–Crippen LogP) is 2.20. The molecular formula is C14H17N3O.